The molecule has 0 aromatic heterocycles. The summed E-state index contributed by atoms with van der Waals surface area (Å²) in [5, 5.41) is 19.7. The van der Waals surface area contributed by atoms with Gasteiger partial charge in [0.15, 0.2) is 0 Å². The average Bonchev–Trinajstić information content (AvgIpc) is 2.57. The molecule has 0 atom stereocenters. The van der Waals surface area contributed by atoms with Crippen LogP contribution in [0.5, 0.6) is 5.75 Å². The number of benzene rings is 3. The molecule has 0 spiro atoms. The Bertz CT molecular complexity index is 1150. The number of azo groups is 1. The summed E-state index contributed by atoms with van der Waals surface area (Å²) >= 11 is 0. The lowest BCUT2D eigenvalue weighted by Crippen LogP contribution is -1.97. The lowest BCUT2D eigenvalue weighted by Gasteiger charge is -2.07. The standard InChI is InChI=1S/C19H18N2O4S/c1-11-8-13(3)17(9-12(11)2)20-21-19-16-6-5-15(26(23,24)25)10-14(16)4-7-18(19)22/h4-10,22H,1-3H3,(H,23,24,25)/b21-20+. The van der Waals surface area contributed by atoms with Gasteiger partial charge >= 0.3 is 0 Å². The molecule has 0 unspecified atom stereocenters. The molecular formula is C19H18N2O4S. The molecule has 3 aromatic carbocycles. The summed E-state index contributed by atoms with van der Waals surface area (Å²) in [6.07, 6.45) is 0. The molecule has 26 heavy (non-hydrogen) atoms. The Hall–Kier alpha value is -2.77. The zero-order chi connectivity index (χ0) is 19.1. The van der Waals surface area contributed by atoms with Gasteiger partial charge in [-0.25, -0.2) is 0 Å². The molecule has 134 valence electrons. The van der Waals surface area contributed by atoms with E-state index in [2.05, 4.69) is 10.2 Å². The van der Waals surface area contributed by atoms with Crippen molar-refractivity contribution in [3.05, 3.63) is 59.2 Å². The molecule has 3 aromatic rings. The Kier molecular flexibility index (Phi) is 4.52. The second kappa shape index (κ2) is 6.51. The minimum atomic E-state index is -4.30. The highest BCUT2D eigenvalue weighted by Crippen LogP contribution is 2.37. The van der Waals surface area contributed by atoms with Gasteiger partial charge in [-0.05, 0) is 67.1 Å². The molecule has 0 amide bonds. The van der Waals surface area contributed by atoms with Crippen molar-refractivity contribution < 1.29 is 18.1 Å². The van der Waals surface area contributed by atoms with Gasteiger partial charge in [0.25, 0.3) is 10.1 Å². The van der Waals surface area contributed by atoms with Gasteiger partial charge in [-0.15, -0.1) is 5.11 Å². The van der Waals surface area contributed by atoms with Crippen LogP contribution in [0.15, 0.2) is 57.6 Å². The summed E-state index contributed by atoms with van der Waals surface area (Å²) < 4.78 is 31.8. The van der Waals surface area contributed by atoms with Crippen LogP contribution in [-0.4, -0.2) is 18.1 Å². The Balaban J connectivity index is 2.13. The zero-order valence-electron chi connectivity index (χ0n) is 14.6. The third-order valence-electron chi connectivity index (χ3n) is 4.31. The van der Waals surface area contributed by atoms with Crippen LogP contribution in [0, 0.1) is 20.8 Å². The fourth-order valence-electron chi connectivity index (χ4n) is 2.70. The predicted octanol–water partition coefficient (Wildman–Crippen LogP) is 5.13. The molecule has 2 N–H and O–H groups in total. The Morgan fingerprint density at radius 2 is 1.54 bits per heavy atom. The fraction of sp³-hybridized carbons (Fsp3) is 0.158. The van der Waals surface area contributed by atoms with E-state index in [1.165, 1.54) is 24.3 Å². The molecule has 7 heteroatoms. The highest BCUT2D eigenvalue weighted by Gasteiger charge is 2.13. The minimum Gasteiger partial charge on any atom is -0.506 e. The Labute approximate surface area is 151 Å². The van der Waals surface area contributed by atoms with E-state index < -0.39 is 10.1 Å². The van der Waals surface area contributed by atoms with Gasteiger partial charge in [0.1, 0.15) is 11.4 Å². The third-order valence-corrected chi connectivity index (χ3v) is 5.16. The van der Waals surface area contributed by atoms with Gasteiger partial charge in [0.05, 0.1) is 10.6 Å². The summed E-state index contributed by atoms with van der Waals surface area (Å²) in [6, 6.07) is 11.0. The second-order valence-corrected chi connectivity index (χ2v) is 7.64. The first kappa shape index (κ1) is 18.0. The van der Waals surface area contributed by atoms with E-state index in [0.29, 0.717) is 16.5 Å². The number of hydrogen-bond donors (Lipinski definition) is 2. The predicted molar refractivity (Wildman–Crippen MR) is 100 cm³/mol. The highest BCUT2D eigenvalue weighted by atomic mass is 32.2. The van der Waals surface area contributed by atoms with Gasteiger partial charge in [-0.2, -0.15) is 13.5 Å². The van der Waals surface area contributed by atoms with Crippen molar-refractivity contribution in [2.45, 2.75) is 25.7 Å². The normalized spacial score (nSPS) is 12.2. The number of fused-ring (bicyclic) bond motifs is 1. The number of phenolic OH excluding ortho intramolecular Hbond substituents is 1. The molecule has 0 saturated heterocycles. The van der Waals surface area contributed by atoms with Gasteiger partial charge in [0, 0.05) is 5.39 Å². The Morgan fingerprint density at radius 1 is 0.846 bits per heavy atom. The molecule has 0 radical (unpaired) electrons. The monoisotopic (exact) mass is 370 g/mol. The number of aryl methyl sites for hydroxylation is 3. The van der Waals surface area contributed by atoms with Crippen molar-refractivity contribution in [1.29, 1.82) is 0 Å². The van der Waals surface area contributed by atoms with E-state index in [4.69, 9.17) is 0 Å². The van der Waals surface area contributed by atoms with Crippen molar-refractivity contribution in [3.63, 3.8) is 0 Å². The van der Waals surface area contributed by atoms with Crippen LogP contribution in [-0.2, 0) is 10.1 Å². The fourth-order valence-corrected chi connectivity index (χ4v) is 3.22. The van der Waals surface area contributed by atoms with Gasteiger partial charge in [-0.3, -0.25) is 4.55 Å². The summed E-state index contributed by atoms with van der Waals surface area (Å²) in [6.45, 7) is 5.94. The van der Waals surface area contributed by atoms with Crippen LogP contribution in [0.2, 0.25) is 0 Å². The highest BCUT2D eigenvalue weighted by molar-refractivity contribution is 7.85. The van der Waals surface area contributed by atoms with E-state index in [9.17, 15) is 18.1 Å². The van der Waals surface area contributed by atoms with Crippen LogP contribution in [0.3, 0.4) is 0 Å². The van der Waals surface area contributed by atoms with Crippen molar-refractivity contribution in [2.75, 3.05) is 0 Å². The summed E-state index contributed by atoms with van der Waals surface area (Å²) in [4.78, 5) is -0.219. The molecule has 0 fully saturated rings. The number of phenols is 1. The number of hydrogen-bond acceptors (Lipinski definition) is 5. The lowest BCUT2D eigenvalue weighted by atomic mass is 10.1. The Morgan fingerprint density at radius 3 is 2.23 bits per heavy atom. The number of rotatable bonds is 3. The van der Waals surface area contributed by atoms with Crippen LogP contribution in [0.4, 0.5) is 11.4 Å². The van der Waals surface area contributed by atoms with Gasteiger partial charge in [0.2, 0.25) is 0 Å². The largest absolute Gasteiger partial charge is 0.506 e. The number of nitrogens with zero attached hydrogens (tertiary/aromatic N) is 2. The summed E-state index contributed by atoms with van der Waals surface area (Å²) in [7, 11) is -4.30. The summed E-state index contributed by atoms with van der Waals surface area (Å²) in [5.41, 5.74) is 4.14. The third kappa shape index (κ3) is 3.44. The van der Waals surface area contributed by atoms with E-state index in [-0.39, 0.29) is 16.3 Å². The molecule has 3 rings (SSSR count). The molecule has 0 bridgehead atoms. The van der Waals surface area contributed by atoms with Crippen molar-refractivity contribution >= 4 is 32.3 Å². The maximum Gasteiger partial charge on any atom is 0.294 e. The molecule has 0 aliphatic carbocycles. The molecule has 0 heterocycles. The molecule has 0 aliphatic rings. The average molecular weight is 370 g/mol. The first-order valence-corrected chi connectivity index (χ1v) is 9.33. The van der Waals surface area contributed by atoms with Crippen molar-refractivity contribution in [2.24, 2.45) is 10.2 Å². The topological polar surface area (TPSA) is 99.3 Å². The minimum absolute atomic E-state index is 0.0673. The quantitative estimate of drug-likeness (QED) is 0.493. The van der Waals surface area contributed by atoms with Crippen molar-refractivity contribution in [1.82, 2.24) is 0 Å². The van der Waals surface area contributed by atoms with E-state index >= 15 is 0 Å². The lowest BCUT2D eigenvalue weighted by molar-refractivity contribution is 0.477. The zero-order valence-corrected chi connectivity index (χ0v) is 15.4. The van der Waals surface area contributed by atoms with Crippen LogP contribution in [0.1, 0.15) is 16.7 Å². The molecule has 6 nitrogen and oxygen atoms in total. The van der Waals surface area contributed by atoms with E-state index in [0.717, 1.165) is 16.7 Å². The van der Waals surface area contributed by atoms with Crippen LogP contribution >= 0.6 is 0 Å². The first-order valence-electron chi connectivity index (χ1n) is 7.89. The smallest absolute Gasteiger partial charge is 0.294 e. The SMILES string of the molecule is Cc1cc(C)c(/N=N/c2c(O)ccc3cc(S(=O)(=O)O)ccc23)cc1C. The van der Waals surface area contributed by atoms with Crippen molar-refractivity contribution in [3.8, 4) is 5.75 Å². The number of aromatic hydroxyl groups is 1. The summed E-state index contributed by atoms with van der Waals surface area (Å²) in [5.74, 6) is -0.0673. The molecule has 0 aliphatic heterocycles. The molecular weight excluding hydrogens is 352 g/mol. The van der Waals surface area contributed by atoms with Gasteiger partial charge in [-0.1, -0.05) is 18.2 Å². The van der Waals surface area contributed by atoms with E-state index in [1.54, 1.807) is 6.07 Å². The maximum absolute atomic E-state index is 11.3. The second-order valence-electron chi connectivity index (χ2n) is 6.21. The first-order chi connectivity index (χ1) is 12.2. The van der Waals surface area contributed by atoms with Crippen LogP contribution in [0.25, 0.3) is 10.8 Å². The van der Waals surface area contributed by atoms with Crippen LogP contribution < -0.4 is 0 Å². The van der Waals surface area contributed by atoms with E-state index in [1.807, 2.05) is 32.9 Å². The maximum atomic E-state index is 11.3. The van der Waals surface area contributed by atoms with Gasteiger partial charge < -0.3 is 5.11 Å². The molecule has 0 saturated carbocycles.